The molecule has 1 saturated heterocycles. The maximum atomic E-state index is 6.30. The van der Waals surface area contributed by atoms with Crippen molar-refractivity contribution in [3.63, 3.8) is 0 Å². The van der Waals surface area contributed by atoms with Gasteiger partial charge in [0.2, 0.25) is 0 Å². The van der Waals surface area contributed by atoms with Crippen molar-refractivity contribution in [3.05, 3.63) is 41.6 Å². The third-order valence-electron chi connectivity index (χ3n) is 2.48. The third kappa shape index (κ3) is 2.10. The van der Waals surface area contributed by atoms with E-state index in [-0.39, 0.29) is 0 Å². The van der Waals surface area contributed by atoms with Crippen molar-refractivity contribution in [3.8, 4) is 0 Å². The summed E-state index contributed by atoms with van der Waals surface area (Å²) in [6.45, 7) is 1.05. The minimum atomic E-state index is 0.880. The van der Waals surface area contributed by atoms with Gasteiger partial charge < -0.3 is 5.32 Å². The van der Waals surface area contributed by atoms with Gasteiger partial charge in [-0.05, 0) is 24.8 Å². The lowest BCUT2D eigenvalue weighted by Crippen LogP contribution is -2.20. The van der Waals surface area contributed by atoms with Crippen LogP contribution in [-0.2, 0) is 0 Å². The van der Waals surface area contributed by atoms with E-state index in [0.29, 0.717) is 0 Å². The Balaban J connectivity index is 2.25. The van der Waals surface area contributed by atoms with Crippen molar-refractivity contribution < 1.29 is 0 Å². The molecule has 0 unspecified atom stereocenters. The van der Waals surface area contributed by atoms with E-state index in [0.717, 1.165) is 23.6 Å². The van der Waals surface area contributed by atoms with E-state index in [9.17, 15) is 0 Å². The summed E-state index contributed by atoms with van der Waals surface area (Å²) in [6.07, 6.45) is 3.57. The third-order valence-corrected chi connectivity index (χ3v) is 2.93. The summed E-state index contributed by atoms with van der Waals surface area (Å²) in [5.74, 6) is 0. The first-order valence-corrected chi connectivity index (χ1v) is 5.43. The van der Waals surface area contributed by atoms with Gasteiger partial charge in [0, 0.05) is 12.2 Å². The fourth-order valence-electron chi connectivity index (χ4n) is 1.70. The van der Waals surface area contributed by atoms with Gasteiger partial charge in [0.15, 0.2) is 0 Å². The Morgan fingerprint density at radius 2 is 1.93 bits per heavy atom. The summed E-state index contributed by atoms with van der Waals surface area (Å²) in [5, 5.41) is 4.24. The number of rotatable bonds is 1. The first kappa shape index (κ1) is 9.60. The van der Waals surface area contributed by atoms with Crippen molar-refractivity contribution in [1.29, 1.82) is 0 Å². The first-order chi connectivity index (χ1) is 6.88. The molecule has 0 aromatic heterocycles. The number of allylic oxidation sites excluding steroid dienone is 1. The molecule has 1 aromatic rings. The number of hydrogen-bond donors (Lipinski definition) is 1. The normalized spacial score (nSPS) is 20.1. The highest BCUT2D eigenvalue weighted by Gasteiger charge is 2.09. The van der Waals surface area contributed by atoms with E-state index in [1.165, 1.54) is 18.5 Å². The molecule has 0 spiro atoms. The molecule has 0 bridgehead atoms. The largest absolute Gasteiger partial charge is 0.387 e. The first-order valence-electron chi connectivity index (χ1n) is 5.06. The van der Waals surface area contributed by atoms with E-state index < -0.39 is 0 Å². The molecule has 0 saturated carbocycles. The highest BCUT2D eigenvalue weighted by Crippen LogP contribution is 2.25. The molecule has 1 aliphatic heterocycles. The smallest absolute Gasteiger partial charge is 0.0667 e. The minimum absolute atomic E-state index is 0.880. The number of halogens is 1. The highest BCUT2D eigenvalue weighted by atomic mass is 35.5. The van der Waals surface area contributed by atoms with Crippen LogP contribution in [0.4, 0.5) is 0 Å². The summed E-state index contributed by atoms with van der Waals surface area (Å²) in [4.78, 5) is 0. The van der Waals surface area contributed by atoms with Gasteiger partial charge in [-0.1, -0.05) is 41.9 Å². The molecular weight excluding hydrogens is 194 g/mol. The van der Waals surface area contributed by atoms with Crippen LogP contribution in [0.1, 0.15) is 24.8 Å². The van der Waals surface area contributed by atoms with Crippen LogP contribution in [-0.4, -0.2) is 6.54 Å². The van der Waals surface area contributed by atoms with Crippen LogP contribution in [0.5, 0.6) is 0 Å². The average Bonchev–Trinajstić information content (AvgIpc) is 2.30. The van der Waals surface area contributed by atoms with Gasteiger partial charge in [0.05, 0.1) is 5.03 Å². The summed E-state index contributed by atoms with van der Waals surface area (Å²) >= 11 is 6.30. The van der Waals surface area contributed by atoms with Crippen LogP contribution in [0.2, 0.25) is 0 Å². The molecule has 14 heavy (non-hydrogen) atoms. The van der Waals surface area contributed by atoms with E-state index >= 15 is 0 Å². The lowest BCUT2D eigenvalue weighted by Gasteiger charge is -2.18. The molecule has 2 heteroatoms. The lowest BCUT2D eigenvalue weighted by molar-refractivity contribution is 0.591. The number of piperidine rings is 1. The Hall–Kier alpha value is -0.950. The SMILES string of the molecule is ClC(=C1CCCCN1)c1ccccc1. The lowest BCUT2D eigenvalue weighted by atomic mass is 10.1. The van der Waals surface area contributed by atoms with Crippen LogP contribution in [0.15, 0.2) is 36.0 Å². The molecular formula is C12H14ClN. The van der Waals surface area contributed by atoms with Crippen LogP contribution in [0.3, 0.4) is 0 Å². The predicted molar refractivity (Wildman–Crippen MR) is 61.1 cm³/mol. The van der Waals surface area contributed by atoms with Crippen molar-refractivity contribution in [2.45, 2.75) is 19.3 Å². The Labute approximate surface area is 89.8 Å². The zero-order valence-corrected chi connectivity index (χ0v) is 8.85. The molecule has 0 amide bonds. The number of benzene rings is 1. The Morgan fingerprint density at radius 1 is 1.14 bits per heavy atom. The molecule has 1 N–H and O–H groups in total. The van der Waals surface area contributed by atoms with Crippen LogP contribution >= 0.6 is 11.6 Å². The molecule has 1 aromatic carbocycles. The average molecular weight is 208 g/mol. The van der Waals surface area contributed by atoms with Gasteiger partial charge in [-0.3, -0.25) is 0 Å². The van der Waals surface area contributed by atoms with Crippen LogP contribution in [0.25, 0.3) is 5.03 Å². The zero-order chi connectivity index (χ0) is 9.80. The zero-order valence-electron chi connectivity index (χ0n) is 8.09. The topological polar surface area (TPSA) is 12.0 Å². The van der Waals surface area contributed by atoms with E-state index in [1.54, 1.807) is 0 Å². The van der Waals surface area contributed by atoms with Gasteiger partial charge in [-0.15, -0.1) is 0 Å². The van der Waals surface area contributed by atoms with Crippen LogP contribution in [0, 0.1) is 0 Å². The fourth-order valence-corrected chi connectivity index (χ4v) is 1.99. The Morgan fingerprint density at radius 3 is 2.57 bits per heavy atom. The summed E-state index contributed by atoms with van der Waals surface area (Å²) in [5.41, 5.74) is 2.31. The van der Waals surface area contributed by atoms with Gasteiger partial charge in [0.1, 0.15) is 0 Å². The molecule has 1 aliphatic rings. The van der Waals surface area contributed by atoms with E-state index in [2.05, 4.69) is 5.32 Å². The minimum Gasteiger partial charge on any atom is -0.387 e. The van der Waals surface area contributed by atoms with Crippen LogP contribution < -0.4 is 5.32 Å². The van der Waals surface area contributed by atoms with Crippen molar-refractivity contribution in [2.24, 2.45) is 0 Å². The van der Waals surface area contributed by atoms with Gasteiger partial charge in [0.25, 0.3) is 0 Å². The van der Waals surface area contributed by atoms with Gasteiger partial charge in [-0.2, -0.15) is 0 Å². The quantitative estimate of drug-likeness (QED) is 0.745. The fraction of sp³-hybridized carbons (Fsp3) is 0.333. The molecule has 74 valence electrons. The van der Waals surface area contributed by atoms with Crippen molar-refractivity contribution in [2.75, 3.05) is 6.54 Å². The molecule has 1 fully saturated rings. The summed E-state index contributed by atoms with van der Waals surface area (Å²) < 4.78 is 0. The Kier molecular flexibility index (Phi) is 3.10. The summed E-state index contributed by atoms with van der Waals surface area (Å²) in [6, 6.07) is 10.1. The second-order valence-corrected chi connectivity index (χ2v) is 3.92. The maximum Gasteiger partial charge on any atom is 0.0667 e. The second-order valence-electron chi connectivity index (χ2n) is 3.54. The molecule has 0 atom stereocenters. The van der Waals surface area contributed by atoms with E-state index in [4.69, 9.17) is 11.6 Å². The highest BCUT2D eigenvalue weighted by molar-refractivity contribution is 6.49. The monoisotopic (exact) mass is 207 g/mol. The van der Waals surface area contributed by atoms with Crippen molar-refractivity contribution >= 4 is 16.6 Å². The Bertz CT molecular complexity index is 321. The molecule has 1 nitrogen and oxygen atoms in total. The molecule has 1 heterocycles. The molecule has 2 rings (SSSR count). The molecule has 0 radical (unpaired) electrons. The maximum absolute atomic E-state index is 6.30. The predicted octanol–water partition coefficient (Wildman–Crippen LogP) is 3.37. The molecule has 0 aliphatic carbocycles. The number of nitrogens with one attached hydrogen (secondary N) is 1. The standard InChI is InChI=1S/C12H14ClN/c13-12(10-6-2-1-3-7-10)11-8-4-5-9-14-11/h1-3,6-7,14H,4-5,8-9H2. The van der Waals surface area contributed by atoms with Crippen molar-refractivity contribution in [1.82, 2.24) is 5.32 Å². The second kappa shape index (κ2) is 4.52. The summed E-state index contributed by atoms with van der Waals surface area (Å²) in [7, 11) is 0. The van der Waals surface area contributed by atoms with Gasteiger partial charge in [-0.25, -0.2) is 0 Å². The van der Waals surface area contributed by atoms with Gasteiger partial charge >= 0.3 is 0 Å². The van der Waals surface area contributed by atoms with E-state index in [1.807, 2.05) is 30.3 Å². The number of hydrogen-bond acceptors (Lipinski definition) is 1.